The molecule has 1 amide bonds. The predicted molar refractivity (Wildman–Crippen MR) is 115 cm³/mol. The van der Waals surface area contributed by atoms with Crippen molar-refractivity contribution in [1.82, 2.24) is 9.62 Å². The number of nitrogens with zero attached hydrogens (tertiary/aromatic N) is 1. The van der Waals surface area contributed by atoms with Crippen LogP contribution < -0.4 is 10.1 Å². The summed E-state index contributed by atoms with van der Waals surface area (Å²) in [6.07, 6.45) is 2.27. The maximum absolute atomic E-state index is 12.5. The van der Waals surface area contributed by atoms with E-state index >= 15 is 0 Å². The first kappa shape index (κ1) is 21.7. The SMILES string of the molecule is O=C(CCSc1ccccc1)NCCOc1ccc(S(=O)(=O)N2CCCC2)cc1. The van der Waals surface area contributed by atoms with Gasteiger partial charge in [0, 0.05) is 30.2 Å². The Morgan fingerprint density at radius 3 is 2.41 bits per heavy atom. The monoisotopic (exact) mass is 434 g/mol. The summed E-state index contributed by atoms with van der Waals surface area (Å²) >= 11 is 1.65. The lowest BCUT2D eigenvalue weighted by molar-refractivity contribution is -0.120. The van der Waals surface area contributed by atoms with E-state index in [2.05, 4.69) is 5.32 Å². The van der Waals surface area contributed by atoms with E-state index in [9.17, 15) is 13.2 Å². The van der Waals surface area contributed by atoms with Gasteiger partial charge in [0.2, 0.25) is 15.9 Å². The van der Waals surface area contributed by atoms with E-state index < -0.39 is 10.0 Å². The molecule has 1 heterocycles. The molecule has 0 bridgehead atoms. The third kappa shape index (κ3) is 6.48. The quantitative estimate of drug-likeness (QED) is 0.459. The van der Waals surface area contributed by atoms with Crippen molar-refractivity contribution >= 4 is 27.7 Å². The highest BCUT2D eigenvalue weighted by atomic mass is 32.2. The molecule has 29 heavy (non-hydrogen) atoms. The van der Waals surface area contributed by atoms with Crippen molar-refractivity contribution in [3.63, 3.8) is 0 Å². The molecule has 8 heteroatoms. The highest BCUT2D eigenvalue weighted by molar-refractivity contribution is 7.99. The first-order valence-corrected chi connectivity index (χ1v) is 12.2. The Hall–Kier alpha value is -2.03. The molecule has 2 aromatic rings. The average Bonchev–Trinajstić information content (AvgIpc) is 3.28. The van der Waals surface area contributed by atoms with Gasteiger partial charge in [0.1, 0.15) is 12.4 Å². The first-order valence-electron chi connectivity index (χ1n) is 9.73. The zero-order valence-corrected chi connectivity index (χ0v) is 17.9. The van der Waals surface area contributed by atoms with E-state index in [4.69, 9.17) is 4.74 Å². The number of hydrogen-bond donors (Lipinski definition) is 1. The van der Waals surface area contributed by atoms with Gasteiger partial charge >= 0.3 is 0 Å². The third-order valence-corrected chi connectivity index (χ3v) is 7.49. The molecule has 156 valence electrons. The lowest BCUT2D eigenvalue weighted by atomic mass is 10.3. The second-order valence-electron chi connectivity index (χ2n) is 6.69. The van der Waals surface area contributed by atoms with Gasteiger partial charge in [0.15, 0.2) is 0 Å². The van der Waals surface area contributed by atoms with Gasteiger partial charge in [-0.3, -0.25) is 4.79 Å². The van der Waals surface area contributed by atoms with Crippen LogP contribution in [0.4, 0.5) is 0 Å². The summed E-state index contributed by atoms with van der Waals surface area (Å²) in [6.45, 7) is 1.91. The summed E-state index contributed by atoms with van der Waals surface area (Å²) in [4.78, 5) is 13.3. The van der Waals surface area contributed by atoms with Gasteiger partial charge in [0.25, 0.3) is 0 Å². The fourth-order valence-electron chi connectivity index (χ4n) is 3.01. The van der Waals surface area contributed by atoms with E-state index in [1.165, 1.54) is 4.31 Å². The van der Waals surface area contributed by atoms with Gasteiger partial charge in [-0.15, -0.1) is 11.8 Å². The molecule has 0 spiro atoms. The van der Waals surface area contributed by atoms with E-state index in [0.29, 0.717) is 38.4 Å². The fraction of sp³-hybridized carbons (Fsp3) is 0.381. The maximum Gasteiger partial charge on any atom is 0.243 e. The number of amides is 1. The van der Waals surface area contributed by atoms with E-state index in [0.717, 1.165) is 23.5 Å². The number of carbonyl (C=O) groups is 1. The van der Waals surface area contributed by atoms with E-state index in [1.54, 1.807) is 36.0 Å². The largest absolute Gasteiger partial charge is 0.492 e. The smallest absolute Gasteiger partial charge is 0.243 e. The van der Waals surface area contributed by atoms with Crippen LogP contribution in [0.3, 0.4) is 0 Å². The molecule has 1 saturated heterocycles. The molecule has 0 atom stereocenters. The topological polar surface area (TPSA) is 75.7 Å². The molecule has 6 nitrogen and oxygen atoms in total. The van der Waals surface area contributed by atoms with Crippen molar-refractivity contribution in [2.24, 2.45) is 0 Å². The summed E-state index contributed by atoms with van der Waals surface area (Å²) in [5.41, 5.74) is 0. The molecule has 0 aromatic heterocycles. The van der Waals surface area contributed by atoms with Crippen molar-refractivity contribution in [1.29, 1.82) is 0 Å². The van der Waals surface area contributed by atoms with Gasteiger partial charge in [-0.1, -0.05) is 18.2 Å². The maximum atomic E-state index is 12.5. The van der Waals surface area contributed by atoms with Crippen LogP contribution in [0.25, 0.3) is 0 Å². The minimum absolute atomic E-state index is 0.0101. The second-order valence-corrected chi connectivity index (χ2v) is 9.80. The normalized spacial score (nSPS) is 14.6. The highest BCUT2D eigenvalue weighted by Crippen LogP contribution is 2.23. The van der Waals surface area contributed by atoms with Gasteiger partial charge in [-0.2, -0.15) is 4.31 Å². The molecule has 1 aliphatic rings. The van der Waals surface area contributed by atoms with Crippen molar-refractivity contribution in [2.75, 3.05) is 32.0 Å². The number of rotatable bonds is 10. The van der Waals surface area contributed by atoms with E-state index in [1.807, 2.05) is 30.3 Å². The first-order chi connectivity index (χ1) is 14.1. The zero-order valence-electron chi connectivity index (χ0n) is 16.2. The molecule has 2 aromatic carbocycles. The number of sulfonamides is 1. The number of carbonyl (C=O) groups excluding carboxylic acids is 1. The Balaban J connectivity index is 1.34. The van der Waals surface area contributed by atoms with Crippen LogP contribution >= 0.6 is 11.8 Å². The molecular formula is C21H26N2O4S2. The number of thioether (sulfide) groups is 1. The van der Waals surface area contributed by atoms with Crippen LogP contribution in [0.2, 0.25) is 0 Å². The summed E-state index contributed by atoms with van der Waals surface area (Å²) in [6, 6.07) is 16.4. The van der Waals surface area contributed by atoms with Crippen LogP contribution in [0.15, 0.2) is 64.4 Å². The van der Waals surface area contributed by atoms with Crippen molar-refractivity contribution in [3.8, 4) is 5.75 Å². The number of ether oxygens (including phenoxy) is 1. The molecule has 0 aliphatic carbocycles. The van der Waals surface area contributed by atoms with E-state index in [-0.39, 0.29) is 10.8 Å². The summed E-state index contributed by atoms with van der Waals surface area (Å²) in [7, 11) is -3.40. The molecule has 1 fully saturated rings. The lowest BCUT2D eigenvalue weighted by Gasteiger charge is -2.15. The molecule has 3 rings (SSSR count). The lowest BCUT2D eigenvalue weighted by Crippen LogP contribution is -2.28. The van der Waals surface area contributed by atoms with Crippen LogP contribution in [0, 0.1) is 0 Å². The van der Waals surface area contributed by atoms with Gasteiger partial charge in [-0.05, 0) is 49.2 Å². The van der Waals surface area contributed by atoms with Gasteiger partial charge in [-0.25, -0.2) is 8.42 Å². The third-order valence-electron chi connectivity index (χ3n) is 4.56. The fourth-order valence-corrected chi connectivity index (χ4v) is 5.40. The summed E-state index contributed by atoms with van der Waals surface area (Å²) in [5, 5.41) is 2.83. The van der Waals surface area contributed by atoms with Gasteiger partial charge in [0.05, 0.1) is 11.4 Å². The zero-order chi connectivity index (χ0) is 20.5. The highest BCUT2D eigenvalue weighted by Gasteiger charge is 2.26. The second kappa shape index (κ2) is 10.7. The van der Waals surface area contributed by atoms with Gasteiger partial charge < -0.3 is 10.1 Å². The van der Waals surface area contributed by atoms with Crippen molar-refractivity contribution in [3.05, 3.63) is 54.6 Å². The standard InChI is InChI=1S/C21H26N2O4S2/c24-21(12-17-28-19-6-2-1-3-7-19)22-13-16-27-18-8-10-20(11-9-18)29(25,26)23-14-4-5-15-23/h1-3,6-11H,4-5,12-17H2,(H,22,24). The Bertz CT molecular complexity index is 881. The molecule has 0 saturated carbocycles. The van der Waals surface area contributed by atoms with Crippen LogP contribution in [0.1, 0.15) is 19.3 Å². The summed E-state index contributed by atoms with van der Waals surface area (Å²) in [5.74, 6) is 1.30. The Labute approximate surface area is 176 Å². The minimum Gasteiger partial charge on any atom is -0.492 e. The van der Waals surface area contributed by atoms with Crippen LogP contribution in [0.5, 0.6) is 5.75 Å². The number of nitrogens with one attached hydrogen (secondary N) is 1. The predicted octanol–water partition coefficient (Wildman–Crippen LogP) is 3.15. The molecule has 0 unspecified atom stereocenters. The molecule has 0 radical (unpaired) electrons. The Morgan fingerprint density at radius 1 is 1.03 bits per heavy atom. The minimum atomic E-state index is -3.40. The molecule has 1 aliphatic heterocycles. The molecule has 1 N–H and O–H groups in total. The number of hydrogen-bond acceptors (Lipinski definition) is 5. The average molecular weight is 435 g/mol. The summed E-state index contributed by atoms with van der Waals surface area (Å²) < 4.78 is 32.1. The van der Waals surface area contributed by atoms with Crippen LogP contribution in [-0.4, -0.2) is 50.6 Å². The van der Waals surface area contributed by atoms with Crippen LogP contribution in [-0.2, 0) is 14.8 Å². The van der Waals surface area contributed by atoms with Crippen molar-refractivity contribution < 1.29 is 17.9 Å². The Kier molecular flexibility index (Phi) is 7.97. The number of benzene rings is 2. The Morgan fingerprint density at radius 2 is 1.72 bits per heavy atom. The molecular weight excluding hydrogens is 408 g/mol. The van der Waals surface area contributed by atoms with Crippen molar-refractivity contribution in [2.45, 2.75) is 29.1 Å².